The molecule has 0 radical (unpaired) electrons. The highest BCUT2D eigenvalue weighted by Gasteiger charge is 2.34. The molecular formula is C19H25N5O. The third kappa shape index (κ3) is 4.07. The zero-order valence-corrected chi connectivity index (χ0v) is 14.4. The highest BCUT2D eigenvalue weighted by Crippen LogP contribution is 2.29. The van der Waals surface area contributed by atoms with Crippen molar-refractivity contribution in [2.45, 2.75) is 44.3 Å². The number of nitrogens with one attached hydrogen (secondary N) is 1. The van der Waals surface area contributed by atoms with E-state index in [1.54, 1.807) is 6.20 Å². The largest absolute Gasteiger partial charge is 0.352 e. The molecule has 2 heterocycles. The Morgan fingerprint density at radius 3 is 2.56 bits per heavy atom. The van der Waals surface area contributed by atoms with Crippen LogP contribution in [-0.4, -0.2) is 44.9 Å². The fourth-order valence-corrected chi connectivity index (χ4v) is 3.66. The van der Waals surface area contributed by atoms with Crippen molar-refractivity contribution in [2.75, 3.05) is 13.1 Å². The van der Waals surface area contributed by atoms with Crippen LogP contribution in [-0.2, 0) is 11.3 Å². The SMILES string of the molecule is O=C(NC1CC1)[C@H](c1ccccc1)N1CCC(Cn2ccnn2)CC1. The van der Waals surface area contributed by atoms with Gasteiger partial charge in [-0.05, 0) is 50.3 Å². The van der Waals surface area contributed by atoms with Crippen LogP contribution in [0.3, 0.4) is 0 Å². The number of likely N-dealkylation sites (tertiary alicyclic amines) is 1. The van der Waals surface area contributed by atoms with E-state index in [9.17, 15) is 4.79 Å². The topological polar surface area (TPSA) is 63.1 Å². The van der Waals surface area contributed by atoms with Gasteiger partial charge in [-0.25, -0.2) is 0 Å². The van der Waals surface area contributed by atoms with E-state index in [2.05, 4.69) is 32.7 Å². The number of benzene rings is 1. The minimum Gasteiger partial charge on any atom is -0.352 e. The maximum absolute atomic E-state index is 12.9. The number of nitrogens with zero attached hydrogens (tertiary/aromatic N) is 4. The summed E-state index contributed by atoms with van der Waals surface area (Å²) in [6.45, 7) is 2.80. The zero-order valence-electron chi connectivity index (χ0n) is 14.4. The predicted octanol–water partition coefficient (Wildman–Crippen LogP) is 2.01. The molecule has 1 atom stereocenters. The van der Waals surface area contributed by atoms with E-state index in [0.29, 0.717) is 12.0 Å². The molecule has 2 aliphatic rings. The standard InChI is InChI=1S/C19H25N5O/c25-19(21-17-6-7-17)18(16-4-2-1-3-5-16)23-11-8-15(9-12-23)14-24-13-10-20-22-24/h1-5,10,13,15,17-18H,6-9,11-12,14H2,(H,21,25)/t18-/m0/s1. The first kappa shape index (κ1) is 16.3. The summed E-state index contributed by atoms with van der Waals surface area (Å²) in [6.07, 6.45) is 8.05. The van der Waals surface area contributed by atoms with Gasteiger partial charge < -0.3 is 5.32 Å². The number of carbonyl (C=O) groups is 1. The van der Waals surface area contributed by atoms with Gasteiger partial charge >= 0.3 is 0 Å². The van der Waals surface area contributed by atoms with Crippen molar-refractivity contribution in [3.05, 3.63) is 48.3 Å². The molecule has 0 spiro atoms. The maximum atomic E-state index is 12.9. The zero-order chi connectivity index (χ0) is 17.1. The molecule has 6 heteroatoms. The van der Waals surface area contributed by atoms with Gasteiger partial charge in [0.2, 0.25) is 5.91 Å². The van der Waals surface area contributed by atoms with E-state index in [4.69, 9.17) is 0 Å². The van der Waals surface area contributed by atoms with E-state index in [1.807, 2.05) is 29.1 Å². The summed E-state index contributed by atoms with van der Waals surface area (Å²) in [6, 6.07) is 10.4. The minimum absolute atomic E-state index is 0.156. The third-order valence-electron chi connectivity index (χ3n) is 5.22. The lowest BCUT2D eigenvalue weighted by Crippen LogP contribution is -2.45. The summed E-state index contributed by atoms with van der Waals surface area (Å²) in [5.41, 5.74) is 1.09. The molecule has 1 aromatic heterocycles. The Morgan fingerprint density at radius 2 is 1.92 bits per heavy atom. The summed E-state index contributed by atoms with van der Waals surface area (Å²) in [4.78, 5) is 15.2. The summed E-state index contributed by atoms with van der Waals surface area (Å²) in [7, 11) is 0. The average Bonchev–Trinajstić information content (AvgIpc) is 3.30. The van der Waals surface area contributed by atoms with Crippen LogP contribution in [0.25, 0.3) is 0 Å². The molecule has 1 saturated carbocycles. The van der Waals surface area contributed by atoms with Crippen LogP contribution >= 0.6 is 0 Å². The quantitative estimate of drug-likeness (QED) is 0.874. The molecule has 2 aromatic rings. The highest BCUT2D eigenvalue weighted by molar-refractivity contribution is 5.83. The van der Waals surface area contributed by atoms with Crippen LogP contribution in [0.15, 0.2) is 42.7 Å². The Morgan fingerprint density at radius 1 is 1.16 bits per heavy atom. The lowest BCUT2D eigenvalue weighted by atomic mass is 9.94. The molecule has 1 aliphatic heterocycles. The molecule has 2 fully saturated rings. The molecule has 1 aromatic carbocycles. The average molecular weight is 339 g/mol. The van der Waals surface area contributed by atoms with E-state index in [1.165, 1.54) is 0 Å². The highest BCUT2D eigenvalue weighted by atomic mass is 16.2. The van der Waals surface area contributed by atoms with Crippen molar-refractivity contribution in [2.24, 2.45) is 5.92 Å². The smallest absolute Gasteiger partial charge is 0.242 e. The first-order valence-corrected chi connectivity index (χ1v) is 9.23. The molecule has 1 saturated heterocycles. The first-order chi connectivity index (χ1) is 12.3. The predicted molar refractivity (Wildman–Crippen MR) is 94.7 cm³/mol. The molecule has 6 nitrogen and oxygen atoms in total. The van der Waals surface area contributed by atoms with Crippen molar-refractivity contribution in [1.82, 2.24) is 25.2 Å². The number of amides is 1. The van der Waals surface area contributed by atoms with Gasteiger partial charge in [-0.3, -0.25) is 14.4 Å². The van der Waals surface area contributed by atoms with Crippen LogP contribution in [0.5, 0.6) is 0 Å². The van der Waals surface area contributed by atoms with E-state index < -0.39 is 0 Å². The summed E-state index contributed by atoms with van der Waals surface area (Å²) >= 11 is 0. The van der Waals surface area contributed by atoms with Gasteiger partial charge in [-0.1, -0.05) is 35.5 Å². The number of hydrogen-bond acceptors (Lipinski definition) is 4. The molecule has 0 bridgehead atoms. The second-order valence-electron chi connectivity index (χ2n) is 7.20. The number of aromatic nitrogens is 3. The van der Waals surface area contributed by atoms with E-state index in [0.717, 1.165) is 50.9 Å². The van der Waals surface area contributed by atoms with Gasteiger partial charge in [-0.15, -0.1) is 5.10 Å². The Kier molecular flexibility index (Phi) is 4.78. The normalized spacial score (nSPS) is 20.3. The van der Waals surface area contributed by atoms with Gasteiger partial charge in [0, 0.05) is 18.8 Å². The summed E-state index contributed by atoms with van der Waals surface area (Å²) < 4.78 is 1.91. The summed E-state index contributed by atoms with van der Waals surface area (Å²) in [5.74, 6) is 0.754. The van der Waals surface area contributed by atoms with Crippen LogP contribution < -0.4 is 5.32 Å². The van der Waals surface area contributed by atoms with Crippen LogP contribution in [0, 0.1) is 5.92 Å². The Bertz CT molecular complexity index is 675. The van der Waals surface area contributed by atoms with E-state index in [-0.39, 0.29) is 11.9 Å². The Labute approximate surface area is 148 Å². The van der Waals surface area contributed by atoms with E-state index >= 15 is 0 Å². The molecule has 0 unspecified atom stereocenters. The van der Waals surface area contributed by atoms with Gasteiger partial charge in [-0.2, -0.15) is 0 Å². The van der Waals surface area contributed by atoms with Gasteiger partial charge in [0.15, 0.2) is 0 Å². The second-order valence-corrected chi connectivity index (χ2v) is 7.20. The van der Waals surface area contributed by atoms with Gasteiger partial charge in [0.25, 0.3) is 0 Å². The van der Waals surface area contributed by atoms with Crippen molar-refractivity contribution in [3.8, 4) is 0 Å². The third-order valence-corrected chi connectivity index (χ3v) is 5.22. The van der Waals surface area contributed by atoms with Crippen molar-refractivity contribution < 1.29 is 4.79 Å². The molecule has 1 aliphatic carbocycles. The Balaban J connectivity index is 1.42. The molecule has 4 rings (SSSR count). The minimum atomic E-state index is -0.172. The van der Waals surface area contributed by atoms with Gasteiger partial charge in [0.1, 0.15) is 6.04 Å². The number of rotatable bonds is 6. The van der Waals surface area contributed by atoms with Crippen LogP contribution in [0.4, 0.5) is 0 Å². The van der Waals surface area contributed by atoms with Gasteiger partial charge in [0.05, 0.1) is 6.20 Å². The molecule has 1 N–H and O–H groups in total. The monoisotopic (exact) mass is 339 g/mol. The summed E-state index contributed by atoms with van der Waals surface area (Å²) in [5, 5.41) is 11.1. The molecule has 25 heavy (non-hydrogen) atoms. The van der Waals surface area contributed by atoms with Crippen LogP contribution in [0.1, 0.15) is 37.3 Å². The first-order valence-electron chi connectivity index (χ1n) is 9.23. The fraction of sp³-hybridized carbons (Fsp3) is 0.526. The maximum Gasteiger partial charge on any atom is 0.242 e. The fourth-order valence-electron chi connectivity index (χ4n) is 3.66. The molecular weight excluding hydrogens is 314 g/mol. The van der Waals surface area contributed by atoms with Crippen molar-refractivity contribution in [3.63, 3.8) is 0 Å². The molecule has 132 valence electrons. The lowest BCUT2D eigenvalue weighted by molar-refractivity contribution is -0.127. The van der Waals surface area contributed by atoms with Crippen molar-refractivity contribution >= 4 is 5.91 Å². The number of carbonyl (C=O) groups excluding carboxylic acids is 1. The second kappa shape index (κ2) is 7.35. The van der Waals surface area contributed by atoms with Crippen LogP contribution in [0.2, 0.25) is 0 Å². The lowest BCUT2D eigenvalue weighted by Gasteiger charge is -2.37. The Hall–Kier alpha value is -2.21. The number of hydrogen-bond donors (Lipinski definition) is 1. The number of piperidine rings is 1. The van der Waals surface area contributed by atoms with Crippen molar-refractivity contribution in [1.29, 1.82) is 0 Å². The molecule has 1 amide bonds.